The molecule has 1 aliphatic heterocycles. The molecule has 1 heterocycles. The van der Waals surface area contributed by atoms with Gasteiger partial charge in [0, 0.05) is 24.7 Å². The second-order valence-electron chi connectivity index (χ2n) is 8.06. The first-order valence-electron chi connectivity index (χ1n) is 8.56. The predicted octanol–water partition coefficient (Wildman–Crippen LogP) is 3.28. The van der Waals surface area contributed by atoms with Gasteiger partial charge in [0.2, 0.25) is 0 Å². The lowest BCUT2D eigenvalue weighted by Gasteiger charge is -2.47. The van der Waals surface area contributed by atoms with E-state index < -0.39 is 0 Å². The van der Waals surface area contributed by atoms with Crippen molar-refractivity contribution in [2.75, 3.05) is 19.6 Å². The van der Waals surface area contributed by atoms with Crippen molar-refractivity contribution in [3.05, 3.63) is 0 Å². The molecule has 0 bridgehead atoms. The lowest BCUT2D eigenvalue weighted by molar-refractivity contribution is 0.0623. The molecule has 0 radical (unpaired) electrons. The maximum atomic E-state index is 3.90. The first kappa shape index (κ1) is 13.9. The Kier molecular flexibility index (Phi) is 3.92. The van der Waals surface area contributed by atoms with Gasteiger partial charge in [-0.25, -0.2) is 0 Å². The number of hydrogen-bond donors (Lipinski definition) is 1. The Morgan fingerprint density at radius 3 is 2.53 bits per heavy atom. The number of rotatable bonds is 6. The third-order valence-corrected chi connectivity index (χ3v) is 5.53. The van der Waals surface area contributed by atoms with E-state index in [0.717, 1.165) is 23.8 Å². The number of piperazine rings is 1. The van der Waals surface area contributed by atoms with E-state index in [1.807, 2.05) is 0 Å². The minimum Gasteiger partial charge on any atom is -0.308 e. The van der Waals surface area contributed by atoms with Gasteiger partial charge in [0.25, 0.3) is 0 Å². The SMILES string of the molecule is CC(C)CC1CNC(C)(C2CC2)CN1CCC1CC1. The Balaban J connectivity index is 1.59. The highest BCUT2D eigenvalue weighted by atomic mass is 15.3. The van der Waals surface area contributed by atoms with E-state index in [9.17, 15) is 0 Å². The molecule has 2 unspecified atom stereocenters. The van der Waals surface area contributed by atoms with E-state index >= 15 is 0 Å². The van der Waals surface area contributed by atoms with Crippen LogP contribution in [0.5, 0.6) is 0 Å². The molecule has 2 atom stereocenters. The zero-order chi connectivity index (χ0) is 13.5. The van der Waals surface area contributed by atoms with Crippen molar-refractivity contribution < 1.29 is 0 Å². The van der Waals surface area contributed by atoms with Crippen molar-refractivity contribution >= 4 is 0 Å². The van der Waals surface area contributed by atoms with Crippen molar-refractivity contribution in [1.82, 2.24) is 10.2 Å². The van der Waals surface area contributed by atoms with Crippen LogP contribution in [0.15, 0.2) is 0 Å². The summed E-state index contributed by atoms with van der Waals surface area (Å²) in [7, 11) is 0. The lowest BCUT2D eigenvalue weighted by atomic mass is 9.88. The van der Waals surface area contributed by atoms with Crippen molar-refractivity contribution in [2.45, 2.75) is 70.9 Å². The van der Waals surface area contributed by atoms with Crippen LogP contribution in [0.2, 0.25) is 0 Å². The molecule has 19 heavy (non-hydrogen) atoms. The molecule has 110 valence electrons. The molecule has 3 rings (SSSR count). The lowest BCUT2D eigenvalue weighted by Crippen LogP contribution is -2.64. The molecule has 2 saturated carbocycles. The summed E-state index contributed by atoms with van der Waals surface area (Å²) in [5.41, 5.74) is 0.414. The van der Waals surface area contributed by atoms with Crippen molar-refractivity contribution in [3.8, 4) is 0 Å². The second-order valence-corrected chi connectivity index (χ2v) is 8.06. The van der Waals surface area contributed by atoms with Crippen LogP contribution in [0.1, 0.15) is 59.3 Å². The normalized spacial score (nSPS) is 36.9. The standard InChI is InChI=1S/C17H32N2/c1-13(2)10-16-11-18-17(3,15-6-7-15)12-19(16)9-8-14-4-5-14/h13-16,18H,4-12H2,1-3H3. The maximum absolute atomic E-state index is 3.90. The highest BCUT2D eigenvalue weighted by Crippen LogP contribution is 2.42. The first-order chi connectivity index (χ1) is 9.07. The first-order valence-corrected chi connectivity index (χ1v) is 8.56. The second kappa shape index (κ2) is 5.37. The van der Waals surface area contributed by atoms with Gasteiger partial charge in [0.15, 0.2) is 0 Å². The molecular weight excluding hydrogens is 232 g/mol. The quantitative estimate of drug-likeness (QED) is 0.792. The molecular formula is C17H32N2. The Labute approximate surface area is 119 Å². The van der Waals surface area contributed by atoms with Crippen molar-refractivity contribution in [2.24, 2.45) is 17.8 Å². The molecule has 2 nitrogen and oxygen atoms in total. The van der Waals surface area contributed by atoms with Crippen molar-refractivity contribution in [3.63, 3.8) is 0 Å². The molecule has 1 N–H and O–H groups in total. The van der Waals surface area contributed by atoms with Crippen molar-refractivity contribution in [1.29, 1.82) is 0 Å². The van der Waals surface area contributed by atoms with Gasteiger partial charge in [0.1, 0.15) is 0 Å². The molecule has 0 spiro atoms. The van der Waals surface area contributed by atoms with Crippen LogP contribution in [-0.2, 0) is 0 Å². The summed E-state index contributed by atoms with van der Waals surface area (Å²) in [6.45, 7) is 11.1. The highest BCUT2D eigenvalue weighted by molar-refractivity contribution is 5.04. The molecule has 2 heteroatoms. The largest absolute Gasteiger partial charge is 0.308 e. The van der Waals surface area contributed by atoms with Gasteiger partial charge in [-0.05, 0) is 56.9 Å². The minimum absolute atomic E-state index is 0.414. The molecule has 3 aliphatic rings. The highest BCUT2D eigenvalue weighted by Gasteiger charge is 2.46. The fourth-order valence-corrected chi connectivity index (χ4v) is 3.87. The van der Waals surface area contributed by atoms with Gasteiger partial charge in [-0.15, -0.1) is 0 Å². The molecule has 2 aliphatic carbocycles. The Hall–Kier alpha value is -0.0800. The van der Waals surface area contributed by atoms with Gasteiger partial charge in [0.05, 0.1) is 0 Å². The van der Waals surface area contributed by atoms with Crippen LogP contribution in [-0.4, -0.2) is 36.1 Å². The van der Waals surface area contributed by atoms with Gasteiger partial charge in [-0.1, -0.05) is 26.7 Å². The molecule has 1 saturated heterocycles. The Morgan fingerprint density at radius 2 is 1.95 bits per heavy atom. The number of nitrogens with one attached hydrogen (secondary N) is 1. The third kappa shape index (κ3) is 3.52. The molecule has 0 aromatic carbocycles. The summed E-state index contributed by atoms with van der Waals surface area (Å²) in [5, 5.41) is 3.90. The number of hydrogen-bond acceptors (Lipinski definition) is 2. The maximum Gasteiger partial charge on any atom is 0.0309 e. The fraction of sp³-hybridized carbons (Fsp3) is 1.00. The summed E-state index contributed by atoms with van der Waals surface area (Å²) in [6, 6.07) is 0.783. The Bertz CT molecular complexity index is 306. The van der Waals surface area contributed by atoms with Gasteiger partial charge in [-0.2, -0.15) is 0 Å². The van der Waals surface area contributed by atoms with Crippen LogP contribution >= 0.6 is 0 Å². The summed E-state index contributed by atoms with van der Waals surface area (Å²) in [6.07, 6.45) is 8.72. The van der Waals surface area contributed by atoms with Gasteiger partial charge in [-0.3, -0.25) is 4.90 Å². The summed E-state index contributed by atoms with van der Waals surface area (Å²) in [5.74, 6) is 2.85. The monoisotopic (exact) mass is 264 g/mol. The summed E-state index contributed by atoms with van der Waals surface area (Å²) >= 11 is 0. The van der Waals surface area contributed by atoms with E-state index in [4.69, 9.17) is 0 Å². The van der Waals surface area contributed by atoms with Crippen LogP contribution in [0.4, 0.5) is 0 Å². The zero-order valence-electron chi connectivity index (χ0n) is 13.1. The third-order valence-electron chi connectivity index (χ3n) is 5.53. The van der Waals surface area contributed by atoms with Crippen LogP contribution in [0, 0.1) is 17.8 Å². The van der Waals surface area contributed by atoms with Crippen LogP contribution < -0.4 is 5.32 Å². The zero-order valence-corrected chi connectivity index (χ0v) is 13.1. The van der Waals surface area contributed by atoms with Gasteiger partial charge < -0.3 is 5.32 Å². The smallest absolute Gasteiger partial charge is 0.0309 e. The van der Waals surface area contributed by atoms with E-state index in [1.165, 1.54) is 58.2 Å². The minimum atomic E-state index is 0.414. The molecule has 0 amide bonds. The van der Waals surface area contributed by atoms with Gasteiger partial charge >= 0.3 is 0 Å². The average molecular weight is 264 g/mol. The van der Waals surface area contributed by atoms with Crippen LogP contribution in [0.3, 0.4) is 0 Å². The summed E-state index contributed by atoms with van der Waals surface area (Å²) < 4.78 is 0. The van der Waals surface area contributed by atoms with E-state index in [2.05, 4.69) is 31.0 Å². The number of nitrogens with zero attached hydrogens (tertiary/aromatic N) is 1. The molecule has 0 aromatic rings. The van der Waals surface area contributed by atoms with Crippen LogP contribution in [0.25, 0.3) is 0 Å². The average Bonchev–Trinajstić information content (AvgIpc) is 3.21. The summed E-state index contributed by atoms with van der Waals surface area (Å²) in [4.78, 5) is 2.84. The topological polar surface area (TPSA) is 15.3 Å². The van der Waals surface area contributed by atoms with E-state index in [1.54, 1.807) is 0 Å². The van der Waals surface area contributed by atoms with E-state index in [-0.39, 0.29) is 0 Å². The fourth-order valence-electron chi connectivity index (χ4n) is 3.87. The van der Waals surface area contributed by atoms with E-state index in [0.29, 0.717) is 5.54 Å². The molecule has 3 fully saturated rings. The Morgan fingerprint density at radius 1 is 1.21 bits per heavy atom. The predicted molar refractivity (Wildman–Crippen MR) is 81.3 cm³/mol. The molecule has 0 aromatic heterocycles.